The van der Waals surface area contributed by atoms with Gasteiger partial charge in [-0.25, -0.2) is 24.7 Å². The van der Waals surface area contributed by atoms with Gasteiger partial charge in [0.2, 0.25) is 0 Å². The lowest BCUT2D eigenvalue weighted by molar-refractivity contribution is 0.160. The molecule has 8 nitrogen and oxygen atoms in total. The first-order valence-corrected chi connectivity index (χ1v) is 14.0. The Morgan fingerprint density at radius 3 is 2.31 bits per heavy atom. The highest BCUT2D eigenvalue weighted by Crippen LogP contribution is 2.37. The number of amides is 2. The number of fused-ring (bicyclic) bond motifs is 6. The molecule has 2 aliphatic heterocycles. The van der Waals surface area contributed by atoms with E-state index in [9.17, 15) is 4.79 Å². The van der Waals surface area contributed by atoms with Gasteiger partial charge >= 0.3 is 6.03 Å². The van der Waals surface area contributed by atoms with Crippen molar-refractivity contribution >= 4 is 83.9 Å². The molecular weight excluding hydrogens is 549 g/mol. The van der Waals surface area contributed by atoms with Gasteiger partial charge in [-0.3, -0.25) is 0 Å². The largest absolute Gasteiger partial charge is 0.327 e. The molecule has 1 N–H and O–H groups in total. The average Bonchev–Trinajstić information content (AvgIpc) is 3.43. The van der Waals surface area contributed by atoms with Gasteiger partial charge in [0, 0.05) is 42.3 Å². The van der Waals surface area contributed by atoms with Crippen molar-refractivity contribution in [3.8, 4) is 0 Å². The molecule has 4 aromatic rings. The van der Waals surface area contributed by atoms with Crippen LogP contribution in [0.25, 0.3) is 20.4 Å². The predicted octanol–water partition coefficient (Wildman–Crippen LogP) is 4.98. The Labute approximate surface area is 225 Å². The van der Waals surface area contributed by atoms with Gasteiger partial charge < -0.3 is 15.1 Å². The number of hydrogen-bond donors (Lipinski definition) is 1. The van der Waals surface area contributed by atoms with Crippen molar-refractivity contribution in [3.63, 3.8) is 0 Å². The van der Waals surface area contributed by atoms with Crippen molar-refractivity contribution < 1.29 is 4.79 Å². The molecule has 0 fully saturated rings. The van der Waals surface area contributed by atoms with Crippen LogP contribution >= 0.6 is 57.5 Å². The van der Waals surface area contributed by atoms with E-state index in [1.54, 1.807) is 34.6 Å². The van der Waals surface area contributed by atoms with E-state index in [1.807, 2.05) is 4.90 Å². The highest BCUT2D eigenvalue weighted by molar-refractivity contribution is 7.19. The Morgan fingerprint density at radius 1 is 1.03 bits per heavy atom. The second-order valence-electron chi connectivity index (χ2n) is 8.19. The molecule has 6 heterocycles. The van der Waals surface area contributed by atoms with E-state index in [1.165, 1.54) is 28.7 Å². The van der Waals surface area contributed by atoms with E-state index in [-0.39, 0.29) is 6.03 Å². The van der Waals surface area contributed by atoms with E-state index in [2.05, 4.69) is 25.3 Å². The van der Waals surface area contributed by atoms with Crippen molar-refractivity contribution in [2.45, 2.75) is 25.9 Å². The molecular formula is C22H22Cl3N7OS2. The summed E-state index contributed by atoms with van der Waals surface area (Å²) in [6.07, 6.45) is 4.81. The SMILES string of the molecule is CN(CCCl)C(=O)N1CCc2c(sc3ncnc(Cl)c23)C1.Clc1ncnc2sc3c(c12)CCNC3. The molecule has 6 rings (SSSR count). The summed E-state index contributed by atoms with van der Waals surface area (Å²) in [5.41, 5.74) is 2.53. The molecule has 35 heavy (non-hydrogen) atoms. The van der Waals surface area contributed by atoms with Gasteiger partial charge in [0.25, 0.3) is 0 Å². The Kier molecular flexibility index (Phi) is 7.57. The zero-order chi connectivity index (χ0) is 24.5. The van der Waals surface area contributed by atoms with E-state index in [4.69, 9.17) is 34.8 Å². The smallest absolute Gasteiger partial charge is 0.320 e. The topological polar surface area (TPSA) is 87.1 Å². The van der Waals surface area contributed by atoms with Crippen molar-refractivity contribution in [2.24, 2.45) is 0 Å². The van der Waals surface area contributed by atoms with Crippen LogP contribution in [0.3, 0.4) is 0 Å². The maximum absolute atomic E-state index is 12.3. The van der Waals surface area contributed by atoms with Gasteiger partial charge in [-0.05, 0) is 30.5 Å². The quantitative estimate of drug-likeness (QED) is 0.270. The monoisotopic (exact) mass is 569 g/mol. The molecule has 13 heteroatoms. The number of hydrogen-bond acceptors (Lipinski definition) is 8. The first kappa shape index (κ1) is 24.9. The Bertz CT molecular complexity index is 1390. The lowest BCUT2D eigenvalue weighted by Gasteiger charge is -2.30. The fourth-order valence-electron chi connectivity index (χ4n) is 4.34. The number of nitrogens with one attached hydrogen (secondary N) is 1. The molecule has 0 atom stereocenters. The molecule has 0 aromatic carbocycles. The summed E-state index contributed by atoms with van der Waals surface area (Å²) in [7, 11) is 1.77. The van der Waals surface area contributed by atoms with E-state index in [0.29, 0.717) is 35.8 Å². The van der Waals surface area contributed by atoms with Gasteiger partial charge in [-0.2, -0.15) is 0 Å². The lowest BCUT2D eigenvalue weighted by atomic mass is 10.1. The molecule has 184 valence electrons. The predicted molar refractivity (Wildman–Crippen MR) is 143 cm³/mol. The van der Waals surface area contributed by atoms with Crippen LogP contribution in [0.1, 0.15) is 20.9 Å². The first-order chi connectivity index (χ1) is 17.0. The molecule has 0 spiro atoms. The third kappa shape index (κ3) is 4.92. The summed E-state index contributed by atoms with van der Waals surface area (Å²) < 4.78 is 0. The second kappa shape index (κ2) is 10.7. The molecule has 4 aromatic heterocycles. The fourth-order valence-corrected chi connectivity index (χ4v) is 7.56. The number of urea groups is 1. The minimum Gasteiger partial charge on any atom is -0.327 e. The number of nitrogens with zero attached hydrogens (tertiary/aromatic N) is 6. The van der Waals surface area contributed by atoms with Crippen LogP contribution in [-0.4, -0.2) is 68.3 Å². The second-order valence-corrected chi connectivity index (χ2v) is 11.4. The maximum Gasteiger partial charge on any atom is 0.320 e. The van der Waals surface area contributed by atoms with Crippen LogP contribution in [0, 0.1) is 0 Å². The Balaban J connectivity index is 0.000000156. The minimum absolute atomic E-state index is 0.0101. The van der Waals surface area contributed by atoms with Gasteiger partial charge in [0.05, 0.1) is 17.3 Å². The van der Waals surface area contributed by atoms with Gasteiger partial charge in [0.15, 0.2) is 0 Å². The molecule has 0 saturated carbocycles. The molecule has 0 saturated heterocycles. The Hall–Kier alpha value is -1.82. The van der Waals surface area contributed by atoms with E-state index >= 15 is 0 Å². The van der Waals surface area contributed by atoms with Crippen LogP contribution in [0.4, 0.5) is 4.79 Å². The highest BCUT2D eigenvalue weighted by Gasteiger charge is 2.27. The number of halogens is 3. The van der Waals surface area contributed by atoms with E-state index < -0.39 is 0 Å². The highest BCUT2D eigenvalue weighted by atomic mass is 35.5. The van der Waals surface area contributed by atoms with Crippen molar-refractivity contribution in [2.75, 3.05) is 32.6 Å². The summed E-state index contributed by atoms with van der Waals surface area (Å²) in [5, 5.41) is 6.44. The maximum atomic E-state index is 12.3. The van der Waals surface area contributed by atoms with Crippen molar-refractivity contribution in [3.05, 3.63) is 43.8 Å². The number of aromatic nitrogens is 4. The van der Waals surface area contributed by atoms with Crippen LogP contribution in [0.5, 0.6) is 0 Å². The lowest BCUT2D eigenvalue weighted by Crippen LogP contribution is -2.43. The van der Waals surface area contributed by atoms with Crippen LogP contribution in [0.15, 0.2) is 12.7 Å². The van der Waals surface area contributed by atoms with Crippen LogP contribution in [-0.2, 0) is 25.9 Å². The van der Waals surface area contributed by atoms with E-state index in [0.717, 1.165) is 51.2 Å². The standard InChI is InChI=1S/C13H14Cl2N4OS.C9H8ClN3S/c1-18(5-3-14)13(20)19-4-2-8-9(6-19)21-12-10(8)11(15)16-7-17-12;10-8-7-5-1-2-11-3-6(5)14-9(7)13-4-12-8/h7H,2-6H2,1H3;4,11H,1-3H2. The van der Waals surface area contributed by atoms with Crippen LogP contribution < -0.4 is 5.32 Å². The first-order valence-electron chi connectivity index (χ1n) is 11.1. The summed E-state index contributed by atoms with van der Waals surface area (Å²) in [6.45, 7) is 3.78. The van der Waals surface area contributed by atoms with Crippen LogP contribution in [0.2, 0.25) is 10.3 Å². The van der Waals surface area contributed by atoms with Gasteiger partial charge in [0.1, 0.15) is 32.6 Å². The summed E-state index contributed by atoms with van der Waals surface area (Å²) in [6, 6.07) is 0.0101. The summed E-state index contributed by atoms with van der Waals surface area (Å²) in [5.74, 6) is 0.440. The Morgan fingerprint density at radius 2 is 1.66 bits per heavy atom. The zero-order valence-electron chi connectivity index (χ0n) is 18.9. The third-order valence-electron chi connectivity index (χ3n) is 6.07. The number of rotatable bonds is 2. The number of carbonyl (C=O) groups excluding carboxylic acids is 1. The molecule has 0 unspecified atom stereocenters. The van der Waals surface area contributed by atoms with Gasteiger partial charge in [-0.1, -0.05) is 23.2 Å². The number of carbonyl (C=O) groups is 1. The molecule has 2 amide bonds. The zero-order valence-corrected chi connectivity index (χ0v) is 22.8. The third-order valence-corrected chi connectivity index (χ3v) is 9.08. The number of thiophene rings is 2. The normalized spacial score (nSPS) is 14.9. The molecule has 2 aliphatic rings. The summed E-state index contributed by atoms with van der Waals surface area (Å²) in [4.78, 5) is 36.8. The fraction of sp³-hybridized carbons (Fsp3) is 0.409. The average molecular weight is 571 g/mol. The molecule has 0 bridgehead atoms. The minimum atomic E-state index is 0.0101. The number of alkyl halides is 1. The molecule has 0 radical (unpaired) electrons. The van der Waals surface area contributed by atoms with Crippen molar-refractivity contribution in [1.82, 2.24) is 35.1 Å². The summed E-state index contributed by atoms with van der Waals surface area (Å²) >= 11 is 21.2. The van der Waals surface area contributed by atoms with Gasteiger partial charge in [-0.15, -0.1) is 34.3 Å². The molecule has 0 aliphatic carbocycles. The van der Waals surface area contributed by atoms with Crippen molar-refractivity contribution in [1.29, 1.82) is 0 Å².